The third kappa shape index (κ3) is 4.33. The zero-order valence-corrected chi connectivity index (χ0v) is 7.94. The molecule has 0 spiro atoms. The van der Waals surface area contributed by atoms with Gasteiger partial charge >= 0.3 is 0 Å². The number of rotatable bonds is 2. The minimum Gasteiger partial charge on any atom is -0.228 e. The van der Waals surface area contributed by atoms with Gasteiger partial charge in [0.05, 0.1) is 5.75 Å². The Kier molecular flexibility index (Phi) is 4.23. The van der Waals surface area contributed by atoms with Gasteiger partial charge in [0, 0.05) is 0 Å². The van der Waals surface area contributed by atoms with E-state index in [1.807, 2.05) is 6.07 Å². The minimum absolute atomic E-state index is 0. The van der Waals surface area contributed by atoms with Crippen molar-refractivity contribution in [2.75, 3.05) is 0 Å². The highest BCUT2D eigenvalue weighted by Crippen LogP contribution is 2.01. The summed E-state index contributed by atoms with van der Waals surface area (Å²) in [7, 11) is -3.38. The molecular formula is C7H10ClNO2S. The second kappa shape index (κ2) is 4.45. The van der Waals surface area contributed by atoms with Gasteiger partial charge in [-0.2, -0.15) is 0 Å². The van der Waals surface area contributed by atoms with Crippen molar-refractivity contribution in [2.45, 2.75) is 5.75 Å². The predicted octanol–water partition coefficient (Wildman–Crippen LogP) is 0.897. The molecule has 0 aliphatic heterocycles. The quantitative estimate of drug-likeness (QED) is 0.783. The Hall–Kier alpha value is -0.580. The van der Waals surface area contributed by atoms with Crippen LogP contribution in [0.3, 0.4) is 0 Å². The maximum absolute atomic E-state index is 10.6. The van der Waals surface area contributed by atoms with Crippen LogP contribution in [0.5, 0.6) is 0 Å². The first-order valence-electron chi connectivity index (χ1n) is 3.12. The van der Waals surface area contributed by atoms with Crippen LogP contribution >= 0.6 is 12.4 Å². The standard InChI is InChI=1S/C7H9NO2S.ClH/c8-11(9,10)6-7-4-2-1-3-5-7;/h1-5H,6H2,(H2,8,9,10);1H. The molecule has 12 heavy (non-hydrogen) atoms. The molecule has 68 valence electrons. The van der Waals surface area contributed by atoms with E-state index in [1.165, 1.54) is 0 Å². The maximum Gasteiger partial charge on any atom is 0.213 e. The van der Waals surface area contributed by atoms with Gasteiger partial charge in [0.1, 0.15) is 0 Å². The molecule has 0 aromatic heterocycles. The van der Waals surface area contributed by atoms with Crippen molar-refractivity contribution in [1.82, 2.24) is 0 Å². The van der Waals surface area contributed by atoms with Crippen molar-refractivity contribution in [1.29, 1.82) is 0 Å². The third-order valence-electron chi connectivity index (χ3n) is 1.21. The van der Waals surface area contributed by atoms with Crippen molar-refractivity contribution in [2.24, 2.45) is 5.14 Å². The van der Waals surface area contributed by atoms with E-state index in [0.29, 0.717) is 0 Å². The van der Waals surface area contributed by atoms with Gasteiger partial charge in [-0.1, -0.05) is 30.3 Å². The normalized spacial score (nSPS) is 10.4. The molecule has 0 amide bonds. The first-order valence-corrected chi connectivity index (χ1v) is 4.84. The fourth-order valence-corrected chi connectivity index (χ4v) is 1.46. The Labute approximate surface area is 78.1 Å². The fourth-order valence-electron chi connectivity index (χ4n) is 0.807. The average molecular weight is 208 g/mol. The SMILES string of the molecule is Cl.NS(=O)(=O)Cc1ccccc1. The lowest BCUT2D eigenvalue weighted by molar-refractivity contribution is 0.597. The lowest BCUT2D eigenvalue weighted by atomic mass is 10.2. The summed E-state index contributed by atoms with van der Waals surface area (Å²) in [6, 6.07) is 8.84. The smallest absolute Gasteiger partial charge is 0.213 e. The van der Waals surface area contributed by atoms with Crippen LogP contribution in [0.1, 0.15) is 5.56 Å². The largest absolute Gasteiger partial charge is 0.228 e. The summed E-state index contributed by atoms with van der Waals surface area (Å²) in [5.74, 6) is -0.0894. The van der Waals surface area contributed by atoms with Crippen LogP contribution in [0.2, 0.25) is 0 Å². The number of primary sulfonamides is 1. The molecule has 2 N–H and O–H groups in total. The highest BCUT2D eigenvalue weighted by Gasteiger charge is 2.02. The number of nitrogens with two attached hydrogens (primary N) is 1. The van der Waals surface area contributed by atoms with Crippen molar-refractivity contribution in [3.05, 3.63) is 35.9 Å². The summed E-state index contributed by atoms with van der Waals surface area (Å²) < 4.78 is 21.2. The molecule has 5 heteroatoms. The summed E-state index contributed by atoms with van der Waals surface area (Å²) in [4.78, 5) is 0. The minimum atomic E-state index is -3.38. The van der Waals surface area contributed by atoms with E-state index in [4.69, 9.17) is 5.14 Å². The van der Waals surface area contributed by atoms with Crippen molar-refractivity contribution >= 4 is 22.4 Å². The highest BCUT2D eigenvalue weighted by molar-refractivity contribution is 7.88. The van der Waals surface area contributed by atoms with Crippen LogP contribution in [0, 0.1) is 0 Å². The molecule has 0 saturated carbocycles. The molecule has 1 aromatic carbocycles. The zero-order valence-electron chi connectivity index (χ0n) is 6.30. The number of hydrogen-bond donors (Lipinski definition) is 1. The van der Waals surface area contributed by atoms with E-state index < -0.39 is 10.0 Å². The summed E-state index contributed by atoms with van der Waals surface area (Å²) in [5, 5.41) is 4.84. The van der Waals surface area contributed by atoms with Crippen LogP contribution in [-0.2, 0) is 15.8 Å². The lowest BCUT2D eigenvalue weighted by Gasteiger charge is -1.96. The van der Waals surface area contributed by atoms with Crippen molar-refractivity contribution in [3.8, 4) is 0 Å². The number of sulfonamides is 1. The molecular weight excluding hydrogens is 198 g/mol. The van der Waals surface area contributed by atoms with Gasteiger partial charge in [0.2, 0.25) is 10.0 Å². The van der Waals surface area contributed by atoms with Gasteiger partial charge in [-0.05, 0) is 5.56 Å². The maximum atomic E-state index is 10.6. The van der Waals surface area contributed by atoms with Gasteiger partial charge < -0.3 is 0 Å². The van der Waals surface area contributed by atoms with E-state index in [0.717, 1.165) is 5.56 Å². The second-order valence-electron chi connectivity index (χ2n) is 2.29. The van der Waals surface area contributed by atoms with E-state index in [2.05, 4.69) is 0 Å². The summed E-state index contributed by atoms with van der Waals surface area (Å²) >= 11 is 0. The van der Waals surface area contributed by atoms with Gasteiger partial charge in [-0.3, -0.25) is 0 Å². The summed E-state index contributed by atoms with van der Waals surface area (Å²) in [5.41, 5.74) is 0.718. The Morgan fingerprint density at radius 2 is 1.67 bits per heavy atom. The molecule has 0 saturated heterocycles. The molecule has 0 aliphatic carbocycles. The van der Waals surface area contributed by atoms with Crippen LogP contribution in [0.15, 0.2) is 30.3 Å². The average Bonchev–Trinajstić information content (AvgIpc) is 1.85. The Bertz CT molecular complexity index is 323. The van der Waals surface area contributed by atoms with Gasteiger partial charge in [-0.25, -0.2) is 13.6 Å². The molecule has 0 atom stereocenters. The van der Waals surface area contributed by atoms with E-state index in [9.17, 15) is 8.42 Å². The Morgan fingerprint density at radius 3 is 2.08 bits per heavy atom. The molecule has 0 bridgehead atoms. The molecule has 0 aliphatic rings. The Balaban J connectivity index is 0.00000121. The monoisotopic (exact) mass is 207 g/mol. The van der Waals surface area contributed by atoms with E-state index >= 15 is 0 Å². The van der Waals surface area contributed by atoms with Gasteiger partial charge in [-0.15, -0.1) is 12.4 Å². The van der Waals surface area contributed by atoms with Crippen LogP contribution in [-0.4, -0.2) is 8.42 Å². The van der Waals surface area contributed by atoms with Crippen molar-refractivity contribution in [3.63, 3.8) is 0 Å². The topological polar surface area (TPSA) is 60.2 Å². The predicted molar refractivity (Wildman–Crippen MR) is 50.5 cm³/mol. The molecule has 0 unspecified atom stereocenters. The molecule has 1 rings (SSSR count). The molecule has 3 nitrogen and oxygen atoms in total. The lowest BCUT2D eigenvalue weighted by Crippen LogP contribution is -2.14. The van der Waals surface area contributed by atoms with Gasteiger partial charge in [0.15, 0.2) is 0 Å². The number of halogens is 1. The highest BCUT2D eigenvalue weighted by atomic mass is 35.5. The first kappa shape index (κ1) is 11.4. The fraction of sp³-hybridized carbons (Fsp3) is 0.143. The van der Waals surface area contributed by atoms with E-state index in [1.54, 1.807) is 24.3 Å². The van der Waals surface area contributed by atoms with Crippen LogP contribution in [0.25, 0.3) is 0 Å². The number of hydrogen-bond acceptors (Lipinski definition) is 2. The first-order chi connectivity index (χ1) is 5.08. The Morgan fingerprint density at radius 1 is 1.17 bits per heavy atom. The van der Waals surface area contributed by atoms with Crippen LogP contribution < -0.4 is 5.14 Å². The summed E-state index contributed by atoms with van der Waals surface area (Å²) in [6.07, 6.45) is 0. The summed E-state index contributed by atoms with van der Waals surface area (Å²) in [6.45, 7) is 0. The molecule has 0 radical (unpaired) electrons. The van der Waals surface area contributed by atoms with E-state index in [-0.39, 0.29) is 18.2 Å². The zero-order chi connectivity index (χ0) is 8.32. The van der Waals surface area contributed by atoms with Crippen LogP contribution in [0.4, 0.5) is 0 Å². The molecule has 0 fully saturated rings. The molecule has 1 aromatic rings. The molecule has 0 heterocycles. The third-order valence-corrected chi connectivity index (χ3v) is 1.95. The van der Waals surface area contributed by atoms with Crippen molar-refractivity contribution < 1.29 is 8.42 Å². The van der Waals surface area contributed by atoms with Gasteiger partial charge in [0.25, 0.3) is 0 Å². The number of benzene rings is 1. The second-order valence-corrected chi connectivity index (χ2v) is 3.91.